The first-order chi connectivity index (χ1) is 5.91. The van der Waals surface area contributed by atoms with Gasteiger partial charge in [0, 0.05) is 0 Å². The molecule has 6 heteroatoms. The average molecular weight is 195 g/mol. The quantitative estimate of drug-likeness (QED) is 0.534. The summed E-state index contributed by atoms with van der Waals surface area (Å²) < 4.78 is 36.6. The molecule has 0 radical (unpaired) electrons. The van der Waals surface area contributed by atoms with Crippen molar-refractivity contribution in [2.24, 2.45) is 0 Å². The van der Waals surface area contributed by atoms with Crippen molar-refractivity contribution in [3.05, 3.63) is 0 Å². The van der Waals surface area contributed by atoms with Crippen molar-refractivity contribution < 1.29 is 22.8 Å². The first kappa shape index (κ1) is 10.0. The van der Waals surface area contributed by atoms with Gasteiger partial charge in [-0.15, -0.1) is 0 Å². The van der Waals surface area contributed by atoms with Gasteiger partial charge in [-0.05, 0) is 12.8 Å². The van der Waals surface area contributed by atoms with E-state index in [0.29, 0.717) is 0 Å². The van der Waals surface area contributed by atoms with Crippen molar-refractivity contribution in [2.45, 2.75) is 31.0 Å². The summed E-state index contributed by atoms with van der Waals surface area (Å²) in [5.41, 5.74) is -2.05. The Kier molecular flexibility index (Phi) is 2.32. The number of carbonyl (C=O) groups is 2. The molecule has 0 aliphatic heterocycles. The molecule has 3 nitrogen and oxygen atoms in total. The minimum atomic E-state index is -4.41. The lowest BCUT2D eigenvalue weighted by Gasteiger charge is -2.19. The Morgan fingerprint density at radius 1 is 1.46 bits per heavy atom. The number of rotatable bonds is 3. The maximum atomic E-state index is 12.2. The molecule has 0 atom stereocenters. The summed E-state index contributed by atoms with van der Waals surface area (Å²) in [5, 5.41) is 1.81. The van der Waals surface area contributed by atoms with Gasteiger partial charge < -0.3 is 10.1 Å². The molecule has 1 amide bonds. The number of carbonyl (C=O) groups excluding carboxylic acids is 2. The van der Waals surface area contributed by atoms with E-state index in [9.17, 15) is 22.8 Å². The second-order valence-corrected chi connectivity index (χ2v) is 3.00. The van der Waals surface area contributed by atoms with E-state index in [1.54, 1.807) is 0 Å². The van der Waals surface area contributed by atoms with Gasteiger partial charge in [0.1, 0.15) is 11.8 Å². The summed E-state index contributed by atoms with van der Waals surface area (Å²) in [6.07, 6.45) is -4.84. The lowest BCUT2D eigenvalue weighted by Crippen LogP contribution is -2.47. The highest BCUT2D eigenvalue weighted by Gasteiger charge is 2.64. The molecule has 0 heterocycles. The molecule has 0 unspecified atom stereocenters. The second kappa shape index (κ2) is 3.01. The summed E-state index contributed by atoms with van der Waals surface area (Å²) in [5.74, 6) is -0.871. The molecule has 0 aromatic heterocycles. The lowest BCUT2D eigenvalue weighted by atomic mass is 10.2. The van der Waals surface area contributed by atoms with Gasteiger partial charge >= 0.3 is 6.18 Å². The smallest absolute Gasteiger partial charge is 0.342 e. The molecule has 0 saturated heterocycles. The van der Waals surface area contributed by atoms with Crippen LogP contribution in [-0.2, 0) is 9.59 Å². The molecule has 1 aliphatic rings. The summed E-state index contributed by atoms with van der Waals surface area (Å²) in [6.45, 7) is 0. The number of nitrogens with one attached hydrogen (secondary N) is 1. The highest BCUT2D eigenvalue weighted by molar-refractivity contribution is 5.88. The Labute approximate surface area is 72.3 Å². The van der Waals surface area contributed by atoms with Crippen LogP contribution in [0.5, 0.6) is 0 Å². The van der Waals surface area contributed by atoms with Gasteiger partial charge in [0.25, 0.3) is 0 Å². The average Bonchev–Trinajstić information content (AvgIpc) is 2.67. The fraction of sp³-hybridized carbons (Fsp3) is 0.714. The van der Waals surface area contributed by atoms with Gasteiger partial charge in [0.05, 0.1) is 6.42 Å². The Balaban J connectivity index is 2.53. The molecule has 0 spiro atoms. The van der Waals surface area contributed by atoms with Crippen LogP contribution >= 0.6 is 0 Å². The van der Waals surface area contributed by atoms with Gasteiger partial charge in [-0.2, -0.15) is 13.2 Å². The van der Waals surface area contributed by atoms with Gasteiger partial charge in [-0.1, -0.05) is 0 Å². The number of hydrogen-bond donors (Lipinski definition) is 1. The molecule has 74 valence electrons. The first-order valence-corrected chi connectivity index (χ1v) is 3.73. The monoisotopic (exact) mass is 195 g/mol. The van der Waals surface area contributed by atoms with Crippen molar-refractivity contribution in [2.75, 3.05) is 0 Å². The van der Waals surface area contributed by atoms with Crippen LogP contribution in [0, 0.1) is 0 Å². The SMILES string of the molecule is O=CCC(=O)NC1(C(F)(F)F)CC1. The molecule has 1 saturated carbocycles. The number of aldehydes is 1. The van der Waals surface area contributed by atoms with Crippen LogP contribution in [0.2, 0.25) is 0 Å². The van der Waals surface area contributed by atoms with Crippen molar-refractivity contribution >= 4 is 12.2 Å². The zero-order valence-corrected chi connectivity index (χ0v) is 6.65. The van der Waals surface area contributed by atoms with Gasteiger partial charge in [0.2, 0.25) is 5.91 Å². The maximum Gasteiger partial charge on any atom is 0.411 e. The lowest BCUT2D eigenvalue weighted by molar-refractivity contribution is -0.170. The van der Waals surface area contributed by atoms with E-state index in [0.717, 1.165) is 0 Å². The zero-order valence-electron chi connectivity index (χ0n) is 6.65. The van der Waals surface area contributed by atoms with E-state index < -0.39 is 24.0 Å². The Morgan fingerprint density at radius 2 is 2.00 bits per heavy atom. The second-order valence-electron chi connectivity index (χ2n) is 3.00. The maximum absolute atomic E-state index is 12.2. The van der Waals surface area contributed by atoms with E-state index in [-0.39, 0.29) is 19.1 Å². The van der Waals surface area contributed by atoms with Gasteiger partial charge in [-0.3, -0.25) is 4.79 Å². The van der Waals surface area contributed by atoms with Crippen LogP contribution in [0.3, 0.4) is 0 Å². The largest absolute Gasteiger partial charge is 0.411 e. The Morgan fingerprint density at radius 3 is 2.31 bits per heavy atom. The molecule has 1 N–H and O–H groups in total. The number of amides is 1. The van der Waals surface area contributed by atoms with E-state index in [4.69, 9.17) is 0 Å². The third-order valence-electron chi connectivity index (χ3n) is 1.94. The van der Waals surface area contributed by atoms with Crippen LogP contribution < -0.4 is 5.32 Å². The molecular formula is C7H8F3NO2. The van der Waals surface area contributed by atoms with Crippen LogP contribution in [0.4, 0.5) is 13.2 Å². The van der Waals surface area contributed by atoms with Crippen LogP contribution in [-0.4, -0.2) is 23.9 Å². The van der Waals surface area contributed by atoms with Crippen molar-refractivity contribution in [3.63, 3.8) is 0 Å². The van der Waals surface area contributed by atoms with E-state index in [2.05, 4.69) is 0 Å². The number of alkyl halides is 3. The van der Waals surface area contributed by atoms with Crippen LogP contribution in [0.1, 0.15) is 19.3 Å². The Hall–Kier alpha value is -1.07. The van der Waals surface area contributed by atoms with Gasteiger partial charge in [-0.25, -0.2) is 0 Å². The van der Waals surface area contributed by atoms with Crippen molar-refractivity contribution in [1.82, 2.24) is 5.32 Å². The fourth-order valence-corrected chi connectivity index (χ4v) is 0.998. The summed E-state index contributed by atoms with van der Waals surface area (Å²) >= 11 is 0. The topological polar surface area (TPSA) is 46.2 Å². The van der Waals surface area contributed by atoms with Crippen LogP contribution in [0.25, 0.3) is 0 Å². The predicted octanol–water partition coefficient (Wildman–Crippen LogP) is 0.786. The van der Waals surface area contributed by atoms with Crippen molar-refractivity contribution in [3.8, 4) is 0 Å². The summed E-state index contributed by atoms with van der Waals surface area (Å²) in [7, 11) is 0. The van der Waals surface area contributed by atoms with Crippen LogP contribution in [0.15, 0.2) is 0 Å². The van der Waals surface area contributed by atoms with E-state index >= 15 is 0 Å². The number of halogens is 3. The molecule has 0 bridgehead atoms. The Bertz CT molecular complexity index is 232. The molecule has 1 fully saturated rings. The predicted molar refractivity (Wildman–Crippen MR) is 36.8 cm³/mol. The summed E-state index contributed by atoms with van der Waals surface area (Å²) in [4.78, 5) is 20.5. The minimum absolute atomic E-state index is 0.0961. The highest BCUT2D eigenvalue weighted by atomic mass is 19.4. The first-order valence-electron chi connectivity index (χ1n) is 3.73. The third-order valence-corrected chi connectivity index (χ3v) is 1.94. The van der Waals surface area contributed by atoms with Crippen molar-refractivity contribution in [1.29, 1.82) is 0 Å². The molecular weight excluding hydrogens is 187 g/mol. The van der Waals surface area contributed by atoms with E-state index in [1.807, 2.05) is 5.32 Å². The summed E-state index contributed by atoms with van der Waals surface area (Å²) in [6, 6.07) is 0. The molecule has 0 aromatic rings. The zero-order chi connectivity index (χ0) is 10.1. The third kappa shape index (κ3) is 1.99. The van der Waals surface area contributed by atoms with E-state index in [1.165, 1.54) is 0 Å². The molecule has 1 aliphatic carbocycles. The molecule has 13 heavy (non-hydrogen) atoms. The number of hydrogen-bond acceptors (Lipinski definition) is 2. The normalized spacial score (nSPS) is 19.3. The molecule has 0 aromatic carbocycles. The fourth-order valence-electron chi connectivity index (χ4n) is 0.998. The standard InChI is InChI=1S/C7H8F3NO2/c8-7(9,10)6(2-3-6)11-5(13)1-4-12/h4H,1-3H2,(H,11,13). The minimum Gasteiger partial charge on any atom is -0.342 e. The molecule has 1 rings (SSSR count). The van der Waals surface area contributed by atoms with Gasteiger partial charge in [0.15, 0.2) is 0 Å². The highest BCUT2D eigenvalue weighted by Crippen LogP contribution is 2.48.